The Morgan fingerprint density at radius 3 is 2.78 bits per heavy atom. The minimum atomic E-state index is -0.572. The summed E-state index contributed by atoms with van der Waals surface area (Å²) >= 11 is 6.55. The summed E-state index contributed by atoms with van der Waals surface area (Å²) in [6.07, 6.45) is 2.46. The van der Waals surface area contributed by atoms with Crippen molar-refractivity contribution < 1.29 is 9.18 Å². The van der Waals surface area contributed by atoms with Crippen molar-refractivity contribution >= 4 is 43.5 Å². The van der Waals surface area contributed by atoms with Crippen molar-refractivity contribution in [2.24, 2.45) is 0 Å². The number of halogens is 3. The molecule has 0 atom stereocenters. The third kappa shape index (κ3) is 2.94. The third-order valence-corrected chi connectivity index (χ3v) is 3.38. The smallest absolute Gasteiger partial charge is 0.256 e. The fraction of sp³-hybridized carbons (Fsp3) is 0. The van der Waals surface area contributed by atoms with Crippen LogP contribution in [-0.4, -0.2) is 10.9 Å². The molecule has 0 aliphatic heterocycles. The van der Waals surface area contributed by atoms with Crippen LogP contribution in [0.15, 0.2) is 45.6 Å². The predicted octanol–water partition coefficient (Wildman–Crippen LogP) is 4.00. The van der Waals surface area contributed by atoms with E-state index in [9.17, 15) is 9.18 Å². The highest BCUT2D eigenvalue weighted by Crippen LogP contribution is 2.23. The van der Waals surface area contributed by atoms with Crippen LogP contribution in [0.5, 0.6) is 0 Å². The van der Waals surface area contributed by atoms with Gasteiger partial charge in [0, 0.05) is 15.1 Å². The molecule has 0 radical (unpaired) electrons. The van der Waals surface area contributed by atoms with Crippen LogP contribution in [0.3, 0.4) is 0 Å². The Morgan fingerprint density at radius 1 is 1.28 bits per heavy atom. The molecule has 1 heterocycles. The molecule has 0 fully saturated rings. The minimum absolute atomic E-state index is 0.0990. The topological polar surface area (TPSA) is 42.0 Å². The summed E-state index contributed by atoms with van der Waals surface area (Å²) in [5.41, 5.74) is 0.516. The van der Waals surface area contributed by atoms with Gasteiger partial charge in [0.1, 0.15) is 0 Å². The van der Waals surface area contributed by atoms with Crippen LogP contribution in [0.4, 0.5) is 10.1 Å². The molecule has 1 aromatic heterocycles. The van der Waals surface area contributed by atoms with Gasteiger partial charge in [0.15, 0.2) is 5.82 Å². The van der Waals surface area contributed by atoms with E-state index in [1.807, 2.05) is 0 Å². The Bertz CT molecular complexity index is 604. The lowest BCUT2D eigenvalue weighted by Crippen LogP contribution is -2.13. The van der Waals surface area contributed by atoms with E-state index in [2.05, 4.69) is 42.2 Å². The van der Waals surface area contributed by atoms with Gasteiger partial charge in [-0.05, 0) is 40.2 Å². The van der Waals surface area contributed by atoms with Crippen LogP contribution >= 0.6 is 31.9 Å². The molecule has 0 saturated carbocycles. The van der Waals surface area contributed by atoms with Crippen molar-refractivity contribution in [2.45, 2.75) is 0 Å². The summed E-state index contributed by atoms with van der Waals surface area (Å²) in [6, 6.07) is 6.59. The number of pyridine rings is 1. The maximum atomic E-state index is 13.3. The number of nitrogens with one attached hydrogen (secondary N) is 1. The van der Waals surface area contributed by atoms with E-state index in [-0.39, 0.29) is 5.69 Å². The van der Waals surface area contributed by atoms with Crippen molar-refractivity contribution in [3.63, 3.8) is 0 Å². The quantitative estimate of drug-likeness (QED) is 0.864. The molecule has 0 unspecified atom stereocenters. The highest BCUT2D eigenvalue weighted by molar-refractivity contribution is 9.11. The van der Waals surface area contributed by atoms with Gasteiger partial charge in [0.25, 0.3) is 5.91 Å². The van der Waals surface area contributed by atoms with Gasteiger partial charge >= 0.3 is 0 Å². The minimum Gasteiger partial charge on any atom is -0.319 e. The van der Waals surface area contributed by atoms with Crippen molar-refractivity contribution in [1.29, 1.82) is 0 Å². The first-order valence-electron chi connectivity index (χ1n) is 4.94. The van der Waals surface area contributed by atoms with E-state index in [0.29, 0.717) is 10.0 Å². The molecule has 2 aromatic rings. The molecule has 0 aliphatic rings. The van der Waals surface area contributed by atoms with Crippen LogP contribution in [-0.2, 0) is 0 Å². The fourth-order valence-electron chi connectivity index (χ4n) is 1.34. The molecule has 6 heteroatoms. The standard InChI is InChI=1S/C12H7Br2FN2O/c13-7-1-2-9(14)8(5-7)12(18)17-11-3-4-16-6-10(11)15/h1-6H,(H,16,17,18). The van der Waals surface area contributed by atoms with Gasteiger partial charge in [-0.1, -0.05) is 15.9 Å². The van der Waals surface area contributed by atoms with Crippen LogP contribution in [0.25, 0.3) is 0 Å². The highest BCUT2D eigenvalue weighted by atomic mass is 79.9. The molecule has 0 bridgehead atoms. The molecular formula is C12H7Br2FN2O. The van der Waals surface area contributed by atoms with Crippen molar-refractivity contribution in [3.8, 4) is 0 Å². The van der Waals surface area contributed by atoms with Crippen molar-refractivity contribution in [2.75, 3.05) is 5.32 Å². The summed E-state index contributed by atoms with van der Waals surface area (Å²) in [7, 11) is 0. The average Bonchev–Trinajstić information content (AvgIpc) is 2.35. The zero-order valence-corrected chi connectivity index (χ0v) is 12.1. The Kier molecular flexibility index (Phi) is 4.08. The SMILES string of the molecule is O=C(Nc1ccncc1F)c1cc(Br)ccc1Br. The van der Waals surface area contributed by atoms with E-state index >= 15 is 0 Å². The van der Waals surface area contributed by atoms with Gasteiger partial charge < -0.3 is 5.32 Å². The lowest BCUT2D eigenvalue weighted by atomic mass is 10.2. The van der Waals surface area contributed by atoms with Crippen LogP contribution in [0.2, 0.25) is 0 Å². The van der Waals surface area contributed by atoms with E-state index in [0.717, 1.165) is 10.7 Å². The molecule has 0 spiro atoms. The number of aromatic nitrogens is 1. The van der Waals surface area contributed by atoms with Gasteiger partial charge in [-0.15, -0.1) is 0 Å². The Labute approximate surface area is 120 Å². The number of carbonyl (C=O) groups excluding carboxylic acids is 1. The third-order valence-electron chi connectivity index (χ3n) is 2.19. The molecule has 2 rings (SSSR count). The number of benzene rings is 1. The van der Waals surface area contributed by atoms with Gasteiger partial charge in [-0.3, -0.25) is 9.78 Å². The molecule has 1 aromatic carbocycles. The molecule has 0 saturated heterocycles. The maximum absolute atomic E-state index is 13.3. The molecular weight excluding hydrogens is 367 g/mol. The summed E-state index contributed by atoms with van der Waals surface area (Å²) < 4.78 is 14.8. The van der Waals surface area contributed by atoms with Gasteiger partial charge in [-0.2, -0.15) is 0 Å². The first kappa shape index (κ1) is 13.2. The maximum Gasteiger partial charge on any atom is 0.256 e. The van der Waals surface area contributed by atoms with Gasteiger partial charge in [0.05, 0.1) is 17.4 Å². The number of carbonyl (C=O) groups is 1. The fourth-order valence-corrected chi connectivity index (χ4v) is 2.13. The molecule has 1 N–H and O–H groups in total. The van der Waals surface area contributed by atoms with E-state index in [1.165, 1.54) is 12.3 Å². The normalized spacial score (nSPS) is 10.2. The number of rotatable bonds is 2. The lowest BCUT2D eigenvalue weighted by Gasteiger charge is -2.07. The van der Waals surface area contributed by atoms with Crippen molar-refractivity contribution in [3.05, 3.63) is 57.0 Å². The summed E-state index contributed by atoms with van der Waals surface area (Å²) in [6.45, 7) is 0. The molecule has 18 heavy (non-hydrogen) atoms. The second-order valence-corrected chi connectivity index (χ2v) is 5.20. The van der Waals surface area contributed by atoms with Crippen LogP contribution in [0.1, 0.15) is 10.4 Å². The Balaban J connectivity index is 2.28. The van der Waals surface area contributed by atoms with Gasteiger partial charge in [-0.25, -0.2) is 4.39 Å². The summed E-state index contributed by atoms with van der Waals surface area (Å²) in [5, 5.41) is 2.49. The summed E-state index contributed by atoms with van der Waals surface area (Å²) in [5.74, 6) is -0.967. The molecule has 92 valence electrons. The Morgan fingerprint density at radius 2 is 2.06 bits per heavy atom. The zero-order valence-electron chi connectivity index (χ0n) is 8.95. The van der Waals surface area contributed by atoms with E-state index in [4.69, 9.17) is 0 Å². The van der Waals surface area contributed by atoms with E-state index in [1.54, 1.807) is 18.2 Å². The highest BCUT2D eigenvalue weighted by Gasteiger charge is 2.12. The second kappa shape index (κ2) is 5.58. The first-order chi connectivity index (χ1) is 8.58. The molecule has 0 aliphatic carbocycles. The monoisotopic (exact) mass is 372 g/mol. The number of amides is 1. The first-order valence-corrected chi connectivity index (χ1v) is 6.52. The van der Waals surface area contributed by atoms with Crippen molar-refractivity contribution in [1.82, 2.24) is 4.98 Å². The largest absolute Gasteiger partial charge is 0.319 e. The number of nitrogens with zero attached hydrogens (tertiary/aromatic N) is 1. The molecule has 1 amide bonds. The number of hydrogen-bond acceptors (Lipinski definition) is 2. The lowest BCUT2D eigenvalue weighted by molar-refractivity contribution is 0.102. The van der Waals surface area contributed by atoms with Gasteiger partial charge in [0.2, 0.25) is 0 Å². The van der Waals surface area contributed by atoms with Crippen LogP contribution < -0.4 is 5.32 Å². The number of anilines is 1. The molecule has 3 nitrogen and oxygen atoms in total. The van der Waals surface area contributed by atoms with E-state index < -0.39 is 11.7 Å². The predicted molar refractivity (Wildman–Crippen MR) is 74.0 cm³/mol. The summed E-state index contributed by atoms with van der Waals surface area (Å²) in [4.78, 5) is 15.6. The second-order valence-electron chi connectivity index (χ2n) is 3.43. The Hall–Kier alpha value is -1.27. The number of hydrogen-bond donors (Lipinski definition) is 1. The average molecular weight is 374 g/mol. The van der Waals surface area contributed by atoms with Crippen LogP contribution in [0, 0.1) is 5.82 Å². The zero-order chi connectivity index (χ0) is 13.1.